The highest BCUT2D eigenvalue weighted by atomic mass is 35.5. The number of rotatable bonds is 5. The normalized spacial score (nSPS) is 10.7. The van der Waals surface area contributed by atoms with Gasteiger partial charge in [0.05, 0.1) is 6.21 Å². The lowest BCUT2D eigenvalue weighted by atomic mass is 10.3. The molecular formula is C14H13ClN2O2S. The zero-order valence-corrected chi connectivity index (χ0v) is 12.4. The van der Waals surface area contributed by atoms with E-state index in [9.17, 15) is 4.79 Å². The Balaban J connectivity index is 1.77. The Morgan fingerprint density at radius 1 is 1.40 bits per heavy atom. The number of halogens is 1. The molecule has 0 atom stereocenters. The number of hydrazone groups is 1. The molecule has 2 aromatic rings. The van der Waals surface area contributed by atoms with Gasteiger partial charge in [0.25, 0.3) is 5.91 Å². The quantitative estimate of drug-likeness (QED) is 0.681. The average Bonchev–Trinajstić information content (AvgIpc) is 2.84. The molecule has 0 spiro atoms. The molecule has 2 rings (SSSR count). The molecule has 0 radical (unpaired) electrons. The minimum atomic E-state index is -0.314. The van der Waals surface area contributed by atoms with E-state index in [4.69, 9.17) is 16.3 Å². The number of benzene rings is 1. The summed E-state index contributed by atoms with van der Waals surface area (Å²) < 4.78 is 5.29. The van der Waals surface area contributed by atoms with Crippen molar-refractivity contribution in [3.8, 4) is 5.75 Å². The van der Waals surface area contributed by atoms with E-state index in [0.717, 1.165) is 10.4 Å². The molecule has 1 heterocycles. The van der Waals surface area contributed by atoms with Crippen molar-refractivity contribution >= 4 is 35.1 Å². The Morgan fingerprint density at radius 3 is 2.80 bits per heavy atom. The maximum absolute atomic E-state index is 11.5. The monoisotopic (exact) mass is 308 g/mol. The highest BCUT2D eigenvalue weighted by molar-refractivity contribution is 7.11. The lowest BCUT2D eigenvalue weighted by Gasteiger charge is -2.04. The van der Waals surface area contributed by atoms with E-state index < -0.39 is 0 Å². The topological polar surface area (TPSA) is 50.7 Å². The maximum Gasteiger partial charge on any atom is 0.277 e. The van der Waals surface area contributed by atoms with Crippen molar-refractivity contribution in [1.82, 2.24) is 5.43 Å². The molecule has 0 aliphatic heterocycles. The summed E-state index contributed by atoms with van der Waals surface area (Å²) in [6.07, 6.45) is 1.63. The van der Waals surface area contributed by atoms with Crippen LogP contribution in [-0.2, 0) is 4.79 Å². The van der Waals surface area contributed by atoms with Crippen LogP contribution in [0.1, 0.15) is 10.4 Å². The van der Waals surface area contributed by atoms with Crippen LogP contribution in [0.15, 0.2) is 40.8 Å². The average molecular weight is 309 g/mol. The molecule has 1 N–H and O–H groups in total. The van der Waals surface area contributed by atoms with Gasteiger partial charge in [-0.15, -0.1) is 11.3 Å². The Bertz CT molecular complexity index is 608. The van der Waals surface area contributed by atoms with E-state index in [1.54, 1.807) is 41.8 Å². The highest BCUT2D eigenvalue weighted by Crippen LogP contribution is 2.15. The number of thiophene rings is 1. The third-order valence-corrected chi connectivity index (χ3v) is 3.66. The van der Waals surface area contributed by atoms with Crippen LogP contribution in [0, 0.1) is 6.92 Å². The van der Waals surface area contributed by atoms with Crippen molar-refractivity contribution in [2.24, 2.45) is 5.10 Å². The fourth-order valence-electron chi connectivity index (χ4n) is 1.39. The summed E-state index contributed by atoms with van der Waals surface area (Å²) in [5, 5.41) is 6.48. The third-order valence-electron chi connectivity index (χ3n) is 2.46. The van der Waals surface area contributed by atoms with Crippen LogP contribution in [0.4, 0.5) is 0 Å². The number of ether oxygens (including phenoxy) is 1. The van der Waals surface area contributed by atoms with Crippen molar-refractivity contribution in [1.29, 1.82) is 0 Å². The van der Waals surface area contributed by atoms with Crippen molar-refractivity contribution in [2.75, 3.05) is 6.61 Å². The summed E-state index contributed by atoms with van der Waals surface area (Å²) in [5.74, 6) is 0.271. The lowest BCUT2D eigenvalue weighted by Crippen LogP contribution is -2.24. The molecule has 1 aromatic carbocycles. The molecule has 0 unspecified atom stereocenters. The van der Waals surface area contributed by atoms with E-state index in [2.05, 4.69) is 10.5 Å². The van der Waals surface area contributed by atoms with Crippen molar-refractivity contribution < 1.29 is 9.53 Å². The number of aryl methyl sites for hydroxylation is 1. The first-order chi connectivity index (χ1) is 9.65. The van der Waals surface area contributed by atoms with Gasteiger partial charge < -0.3 is 4.74 Å². The van der Waals surface area contributed by atoms with Crippen molar-refractivity contribution in [2.45, 2.75) is 6.92 Å². The second-order valence-corrected chi connectivity index (χ2v) is 5.39. The summed E-state index contributed by atoms with van der Waals surface area (Å²) in [4.78, 5) is 12.5. The van der Waals surface area contributed by atoms with Gasteiger partial charge in [-0.2, -0.15) is 5.10 Å². The molecule has 1 amide bonds. The molecule has 20 heavy (non-hydrogen) atoms. The first-order valence-electron chi connectivity index (χ1n) is 5.89. The number of hydrogen-bond acceptors (Lipinski definition) is 4. The fourth-order valence-corrected chi connectivity index (χ4v) is 2.30. The fraction of sp³-hybridized carbons (Fsp3) is 0.143. The van der Waals surface area contributed by atoms with Crippen molar-refractivity contribution in [3.05, 3.63) is 51.2 Å². The first kappa shape index (κ1) is 14.6. The van der Waals surface area contributed by atoms with Gasteiger partial charge in [-0.25, -0.2) is 5.43 Å². The summed E-state index contributed by atoms with van der Waals surface area (Å²) in [5.41, 5.74) is 3.55. The van der Waals surface area contributed by atoms with E-state index in [0.29, 0.717) is 10.8 Å². The molecule has 4 nitrogen and oxygen atoms in total. The second kappa shape index (κ2) is 7.07. The van der Waals surface area contributed by atoms with Gasteiger partial charge in [0, 0.05) is 9.90 Å². The molecule has 1 aromatic heterocycles. The summed E-state index contributed by atoms with van der Waals surface area (Å²) in [6.45, 7) is 1.89. The van der Waals surface area contributed by atoms with E-state index >= 15 is 0 Å². The number of nitrogens with one attached hydrogen (secondary N) is 1. The zero-order chi connectivity index (χ0) is 14.4. The van der Waals surface area contributed by atoms with Gasteiger partial charge >= 0.3 is 0 Å². The van der Waals surface area contributed by atoms with Gasteiger partial charge in [0.15, 0.2) is 6.61 Å². The molecule has 0 aliphatic rings. The number of carbonyl (C=O) groups is 1. The standard InChI is InChI=1S/C14H13ClN2O2S/c1-10-6-7-20-13(10)8-16-17-14(18)9-19-12-4-2-11(15)3-5-12/h2-8H,9H2,1H3,(H,17,18). The molecule has 0 fully saturated rings. The predicted octanol–water partition coefficient (Wildman–Crippen LogP) is 3.24. The summed E-state index contributed by atoms with van der Waals surface area (Å²) >= 11 is 7.32. The number of carbonyl (C=O) groups excluding carboxylic acids is 1. The van der Waals surface area contributed by atoms with E-state index in [-0.39, 0.29) is 12.5 Å². The summed E-state index contributed by atoms with van der Waals surface area (Å²) in [7, 11) is 0. The molecular weight excluding hydrogens is 296 g/mol. The Kier molecular flexibility index (Phi) is 5.15. The van der Waals surface area contributed by atoms with Crippen LogP contribution < -0.4 is 10.2 Å². The number of hydrogen-bond donors (Lipinski definition) is 1. The smallest absolute Gasteiger partial charge is 0.277 e. The largest absolute Gasteiger partial charge is 0.484 e. The Labute approximate surface area is 126 Å². The second-order valence-electron chi connectivity index (χ2n) is 4.00. The zero-order valence-electron chi connectivity index (χ0n) is 10.8. The van der Waals surface area contributed by atoms with Crippen LogP contribution in [0.25, 0.3) is 0 Å². The molecule has 0 saturated heterocycles. The SMILES string of the molecule is Cc1ccsc1C=NNC(=O)COc1ccc(Cl)cc1. The maximum atomic E-state index is 11.5. The molecule has 0 aliphatic carbocycles. The minimum Gasteiger partial charge on any atom is -0.484 e. The highest BCUT2D eigenvalue weighted by Gasteiger charge is 2.01. The van der Waals surface area contributed by atoms with Crippen LogP contribution in [0.5, 0.6) is 5.75 Å². The van der Waals surface area contributed by atoms with Gasteiger partial charge in [0.2, 0.25) is 0 Å². The molecule has 104 valence electrons. The van der Waals surface area contributed by atoms with E-state index in [1.165, 1.54) is 0 Å². The van der Waals surface area contributed by atoms with Crippen LogP contribution >= 0.6 is 22.9 Å². The first-order valence-corrected chi connectivity index (χ1v) is 7.15. The molecule has 0 bridgehead atoms. The predicted molar refractivity (Wildman–Crippen MR) is 81.7 cm³/mol. The van der Waals surface area contributed by atoms with E-state index in [1.807, 2.05) is 18.4 Å². The van der Waals surface area contributed by atoms with Gasteiger partial charge in [0.1, 0.15) is 5.75 Å². The third kappa shape index (κ3) is 4.36. The molecule has 0 saturated carbocycles. The number of nitrogens with zero attached hydrogens (tertiary/aromatic N) is 1. The van der Waals surface area contributed by atoms with Crippen LogP contribution in [-0.4, -0.2) is 18.7 Å². The van der Waals surface area contributed by atoms with Crippen LogP contribution in [0.2, 0.25) is 5.02 Å². The van der Waals surface area contributed by atoms with Gasteiger partial charge in [-0.05, 0) is 48.2 Å². The minimum absolute atomic E-state index is 0.0948. The van der Waals surface area contributed by atoms with Crippen LogP contribution in [0.3, 0.4) is 0 Å². The lowest BCUT2D eigenvalue weighted by molar-refractivity contribution is -0.123. The Hall–Kier alpha value is -1.85. The number of amides is 1. The molecule has 6 heteroatoms. The van der Waals surface area contributed by atoms with Gasteiger partial charge in [-0.1, -0.05) is 11.6 Å². The Morgan fingerprint density at radius 2 is 2.15 bits per heavy atom. The van der Waals surface area contributed by atoms with Gasteiger partial charge in [-0.3, -0.25) is 4.79 Å². The summed E-state index contributed by atoms with van der Waals surface area (Å²) in [6, 6.07) is 8.80. The van der Waals surface area contributed by atoms with Crippen molar-refractivity contribution in [3.63, 3.8) is 0 Å².